The molecule has 0 bridgehead atoms. The zero-order valence-corrected chi connectivity index (χ0v) is 23.0. The van der Waals surface area contributed by atoms with Crippen LogP contribution in [0.2, 0.25) is 0 Å². The van der Waals surface area contributed by atoms with E-state index in [4.69, 9.17) is 4.98 Å². The number of alkyl halides is 3. The Hall–Kier alpha value is -4.85. The van der Waals surface area contributed by atoms with Gasteiger partial charge in [-0.2, -0.15) is 13.2 Å². The van der Waals surface area contributed by atoms with Gasteiger partial charge < -0.3 is 9.47 Å². The van der Waals surface area contributed by atoms with Gasteiger partial charge in [0.2, 0.25) is 0 Å². The maximum absolute atomic E-state index is 13.4. The van der Waals surface area contributed by atoms with Crippen LogP contribution in [0.5, 0.6) is 0 Å². The number of benzene rings is 4. The van der Waals surface area contributed by atoms with E-state index in [1.54, 1.807) is 4.90 Å². The first-order chi connectivity index (χ1) is 20.3. The Morgan fingerprint density at radius 3 is 1.76 bits per heavy atom. The van der Waals surface area contributed by atoms with Crippen molar-refractivity contribution in [1.82, 2.24) is 14.5 Å². The van der Waals surface area contributed by atoms with E-state index in [0.717, 1.165) is 40.2 Å². The molecule has 0 saturated carbocycles. The van der Waals surface area contributed by atoms with Crippen molar-refractivity contribution in [2.45, 2.75) is 25.2 Å². The number of imidazole rings is 1. The van der Waals surface area contributed by atoms with E-state index in [-0.39, 0.29) is 18.3 Å². The average Bonchev–Trinajstić information content (AvgIpc) is 3.57. The predicted molar refractivity (Wildman–Crippen MR) is 156 cm³/mol. The first-order valence-corrected chi connectivity index (χ1v) is 13.7. The first-order valence-electron chi connectivity index (χ1n) is 13.7. The minimum Gasteiger partial charge on any atom is -0.317 e. The van der Waals surface area contributed by atoms with Crippen LogP contribution in [0.3, 0.4) is 0 Å². The van der Waals surface area contributed by atoms with Gasteiger partial charge >= 0.3 is 12.2 Å². The minimum absolute atomic E-state index is 0.232. The lowest BCUT2D eigenvalue weighted by atomic mass is 9.76. The molecule has 212 valence electrons. The molecule has 6 rings (SSSR count). The Labute approximate surface area is 242 Å². The van der Waals surface area contributed by atoms with Gasteiger partial charge in [0.1, 0.15) is 5.54 Å². The highest BCUT2D eigenvalue weighted by Gasteiger charge is 2.40. The third-order valence-corrected chi connectivity index (χ3v) is 7.96. The molecule has 1 aliphatic heterocycles. The molecular formula is C34H29F3N4O. The van der Waals surface area contributed by atoms with E-state index in [9.17, 15) is 18.0 Å². The van der Waals surface area contributed by atoms with Gasteiger partial charge in [-0.25, -0.2) is 9.78 Å². The van der Waals surface area contributed by atoms with E-state index in [2.05, 4.69) is 41.0 Å². The summed E-state index contributed by atoms with van der Waals surface area (Å²) in [6, 6.07) is 35.3. The lowest BCUT2D eigenvalue weighted by molar-refractivity contribution is -0.137. The van der Waals surface area contributed by atoms with Crippen LogP contribution in [0.25, 0.3) is 0 Å². The number of hydrogen-bond donors (Lipinski definition) is 0. The molecule has 1 aromatic heterocycles. The normalized spacial score (nSPS) is 14.0. The Morgan fingerprint density at radius 1 is 0.714 bits per heavy atom. The lowest BCUT2D eigenvalue weighted by Crippen LogP contribution is -2.38. The van der Waals surface area contributed by atoms with Gasteiger partial charge in [-0.15, -0.1) is 0 Å². The Morgan fingerprint density at radius 2 is 1.24 bits per heavy atom. The third kappa shape index (κ3) is 4.72. The number of rotatable bonds is 7. The van der Waals surface area contributed by atoms with Crippen LogP contribution in [-0.4, -0.2) is 33.6 Å². The number of aromatic nitrogens is 2. The van der Waals surface area contributed by atoms with Gasteiger partial charge in [0, 0.05) is 24.5 Å². The van der Waals surface area contributed by atoms with Gasteiger partial charge in [-0.1, -0.05) is 97.1 Å². The van der Waals surface area contributed by atoms with E-state index in [1.165, 1.54) is 17.0 Å². The highest BCUT2D eigenvalue weighted by atomic mass is 19.4. The monoisotopic (exact) mass is 566 g/mol. The van der Waals surface area contributed by atoms with Crippen molar-refractivity contribution in [3.05, 3.63) is 155 Å². The number of carbonyl (C=O) groups is 1. The molecule has 0 radical (unpaired) electrons. The average molecular weight is 567 g/mol. The largest absolute Gasteiger partial charge is 0.416 e. The third-order valence-electron chi connectivity index (χ3n) is 7.96. The second-order valence-corrected chi connectivity index (χ2v) is 10.4. The minimum atomic E-state index is -4.48. The lowest BCUT2D eigenvalue weighted by Gasteiger charge is -2.38. The number of carbonyl (C=O) groups excluding carboxylic acids is 1. The van der Waals surface area contributed by atoms with Crippen LogP contribution in [-0.2, 0) is 18.3 Å². The molecular weight excluding hydrogens is 537 g/mol. The van der Waals surface area contributed by atoms with Crippen LogP contribution in [0.1, 0.15) is 33.6 Å². The van der Waals surface area contributed by atoms with Crippen LogP contribution in [0, 0.1) is 6.92 Å². The summed E-state index contributed by atoms with van der Waals surface area (Å²) < 4.78 is 42.1. The van der Waals surface area contributed by atoms with Crippen molar-refractivity contribution in [2.75, 3.05) is 18.0 Å². The quantitative estimate of drug-likeness (QED) is 0.192. The summed E-state index contributed by atoms with van der Waals surface area (Å²) in [4.78, 5) is 21.2. The number of anilines is 1. The molecule has 1 aliphatic rings. The zero-order valence-electron chi connectivity index (χ0n) is 23.0. The highest BCUT2D eigenvalue weighted by Crippen LogP contribution is 2.42. The summed E-state index contributed by atoms with van der Waals surface area (Å²) in [6.45, 7) is 2.91. The van der Waals surface area contributed by atoms with Crippen molar-refractivity contribution >= 4 is 11.7 Å². The van der Waals surface area contributed by atoms with E-state index >= 15 is 0 Å². The molecule has 0 spiro atoms. The number of urea groups is 1. The van der Waals surface area contributed by atoms with Gasteiger partial charge in [0.25, 0.3) is 0 Å². The molecule has 1 saturated heterocycles. The molecule has 0 N–H and O–H groups in total. The summed E-state index contributed by atoms with van der Waals surface area (Å²) in [5.74, 6) is 0. The Balaban J connectivity index is 1.39. The maximum Gasteiger partial charge on any atom is 0.416 e. The number of hydrogen-bond acceptors (Lipinski definition) is 2. The fourth-order valence-corrected chi connectivity index (χ4v) is 5.90. The van der Waals surface area contributed by atoms with E-state index in [1.807, 2.05) is 67.8 Å². The molecule has 5 aromatic rings. The van der Waals surface area contributed by atoms with Crippen molar-refractivity contribution in [2.24, 2.45) is 0 Å². The fraction of sp³-hybridized carbons (Fsp3) is 0.176. The number of amides is 2. The van der Waals surface area contributed by atoms with Crippen LogP contribution in [0.4, 0.5) is 23.7 Å². The molecule has 0 unspecified atom stereocenters. The standard InChI is InChI=1S/C34H29F3N4O/c1-25-31(23-39-20-21-40(32(39)42)30-19-11-18-29(22-30)34(35,36)37)38-24-41(25)33(26-12-5-2-6-13-26,27-14-7-3-8-15-27)28-16-9-4-10-17-28/h2-19,22,24H,20-21,23H2,1H3. The van der Waals surface area contributed by atoms with Gasteiger partial charge in [-0.05, 0) is 41.8 Å². The SMILES string of the molecule is Cc1c(CN2CCN(c3cccc(C(F)(F)F)c3)C2=O)ncn1C(c1ccccc1)(c1ccccc1)c1ccccc1. The van der Waals surface area contributed by atoms with Crippen molar-refractivity contribution in [3.63, 3.8) is 0 Å². The smallest absolute Gasteiger partial charge is 0.317 e. The molecule has 8 heteroatoms. The molecule has 0 atom stereocenters. The summed E-state index contributed by atoms with van der Waals surface area (Å²) >= 11 is 0. The molecule has 5 nitrogen and oxygen atoms in total. The van der Waals surface area contributed by atoms with Gasteiger partial charge in [-0.3, -0.25) is 4.90 Å². The molecule has 42 heavy (non-hydrogen) atoms. The van der Waals surface area contributed by atoms with Crippen molar-refractivity contribution in [1.29, 1.82) is 0 Å². The fourth-order valence-electron chi connectivity index (χ4n) is 5.90. The number of halogens is 3. The van der Waals surface area contributed by atoms with Gasteiger partial charge in [0.15, 0.2) is 0 Å². The second kappa shape index (κ2) is 10.9. The van der Waals surface area contributed by atoms with Gasteiger partial charge in [0.05, 0.1) is 24.1 Å². The molecule has 4 aromatic carbocycles. The Bertz CT molecular complexity index is 1590. The van der Waals surface area contributed by atoms with E-state index in [0.29, 0.717) is 13.1 Å². The topological polar surface area (TPSA) is 41.4 Å². The summed E-state index contributed by atoms with van der Waals surface area (Å²) in [5, 5.41) is 0. The highest BCUT2D eigenvalue weighted by molar-refractivity contribution is 5.94. The van der Waals surface area contributed by atoms with Crippen LogP contribution < -0.4 is 4.90 Å². The molecule has 2 amide bonds. The predicted octanol–water partition coefficient (Wildman–Crippen LogP) is 7.49. The zero-order chi connectivity index (χ0) is 29.3. The summed E-state index contributed by atoms with van der Waals surface area (Å²) in [7, 11) is 0. The number of nitrogens with zero attached hydrogens (tertiary/aromatic N) is 4. The maximum atomic E-state index is 13.4. The van der Waals surface area contributed by atoms with E-state index < -0.39 is 17.3 Å². The van der Waals surface area contributed by atoms with Crippen LogP contribution >= 0.6 is 0 Å². The summed E-state index contributed by atoms with van der Waals surface area (Å²) in [5.41, 5.74) is 3.50. The molecule has 0 aliphatic carbocycles. The molecule has 1 fully saturated rings. The second-order valence-electron chi connectivity index (χ2n) is 10.4. The first kappa shape index (κ1) is 27.3. The van der Waals surface area contributed by atoms with Crippen molar-refractivity contribution in [3.8, 4) is 0 Å². The van der Waals surface area contributed by atoms with Crippen LogP contribution in [0.15, 0.2) is 122 Å². The van der Waals surface area contributed by atoms with Crippen molar-refractivity contribution < 1.29 is 18.0 Å². The Kier molecular flexibility index (Phi) is 7.06. The molecule has 2 heterocycles. The summed E-state index contributed by atoms with van der Waals surface area (Å²) in [6.07, 6.45) is -2.66.